The molecule has 0 aliphatic heterocycles. The highest BCUT2D eigenvalue weighted by molar-refractivity contribution is 7.89. The fourth-order valence-electron chi connectivity index (χ4n) is 1.18. The van der Waals surface area contributed by atoms with Crippen LogP contribution < -0.4 is 4.72 Å². The summed E-state index contributed by atoms with van der Waals surface area (Å²) in [6, 6.07) is 0. The molecule has 1 aromatic heterocycles. The van der Waals surface area contributed by atoms with E-state index in [1.807, 2.05) is 0 Å². The normalized spacial score (nSPS) is 11.4. The van der Waals surface area contributed by atoms with Gasteiger partial charge in [0.1, 0.15) is 4.90 Å². The van der Waals surface area contributed by atoms with Gasteiger partial charge in [-0.15, -0.1) is 0 Å². The van der Waals surface area contributed by atoms with Crippen LogP contribution >= 0.6 is 0 Å². The van der Waals surface area contributed by atoms with E-state index in [0.717, 1.165) is 0 Å². The summed E-state index contributed by atoms with van der Waals surface area (Å²) in [5.74, 6) is -1.40. The quantitative estimate of drug-likeness (QED) is 0.657. The maximum atomic E-state index is 11.9. The van der Waals surface area contributed by atoms with Gasteiger partial charge in [0.15, 0.2) is 5.69 Å². The number of nitrogens with one attached hydrogen (secondary N) is 2. The number of aromatic amines is 1. The van der Waals surface area contributed by atoms with Gasteiger partial charge in [0, 0.05) is 6.54 Å². The Hall–Kier alpha value is -1.67. The van der Waals surface area contributed by atoms with Crippen LogP contribution in [-0.4, -0.2) is 36.2 Å². The third kappa shape index (κ3) is 2.92. The molecule has 0 radical (unpaired) electrons. The zero-order chi connectivity index (χ0) is 13.2. The number of H-pyrrole nitrogens is 1. The summed E-state index contributed by atoms with van der Waals surface area (Å²) in [5.41, 5.74) is 0.278. The van der Waals surface area contributed by atoms with E-state index >= 15 is 0 Å². The molecular weight excluding hydrogens is 246 g/mol. The highest BCUT2D eigenvalue weighted by Gasteiger charge is 2.27. The van der Waals surface area contributed by atoms with Crippen molar-refractivity contribution in [2.45, 2.75) is 18.7 Å². The monoisotopic (exact) mass is 259 g/mol. The lowest BCUT2D eigenvalue weighted by atomic mass is 10.4. The van der Waals surface area contributed by atoms with Crippen molar-refractivity contribution in [3.63, 3.8) is 0 Å². The van der Waals surface area contributed by atoms with E-state index in [2.05, 4.69) is 21.5 Å². The first kappa shape index (κ1) is 13.4. The van der Waals surface area contributed by atoms with Crippen LogP contribution in [0.15, 0.2) is 17.0 Å². The van der Waals surface area contributed by atoms with E-state index in [1.165, 1.54) is 6.92 Å². The molecule has 0 atom stereocenters. The molecule has 0 unspecified atom stereocenters. The van der Waals surface area contributed by atoms with Crippen molar-refractivity contribution in [1.29, 1.82) is 0 Å². The minimum atomic E-state index is -3.90. The summed E-state index contributed by atoms with van der Waals surface area (Å²) >= 11 is 0. The molecule has 1 aromatic rings. The number of aromatic nitrogens is 2. The summed E-state index contributed by atoms with van der Waals surface area (Å²) in [7, 11) is -3.90. The third-order valence-corrected chi connectivity index (χ3v) is 3.49. The van der Waals surface area contributed by atoms with Crippen molar-refractivity contribution >= 4 is 16.0 Å². The summed E-state index contributed by atoms with van der Waals surface area (Å²) in [4.78, 5) is 10.5. The van der Waals surface area contributed by atoms with Crippen LogP contribution in [0.5, 0.6) is 0 Å². The smallest absolute Gasteiger partial charge is 0.357 e. The number of carboxylic acid groups (broad SMARTS) is 1. The topological polar surface area (TPSA) is 112 Å². The Kier molecular flexibility index (Phi) is 3.69. The second kappa shape index (κ2) is 4.68. The number of nitrogens with zero attached hydrogens (tertiary/aromatic N) is 1. The predicted molar refractivity (Wildman–Crippen MR) is 60.3 cm³/mol. The molecule has 0 saturated heterocycles. The van der Waals surface area contributed by atoms with Crippen LogP contribution in [-0.2, 0) is 10.0 Å². The number of carboxylic acids is 1. The lowest BCUT2D eigenvalue weighted by Gasteiger charge is -2.06. The zero-order valence-corrected chi connectivity index (χ0v) is 10.3. The van der Waals surface area contributed by atoms with Crippen molar-refractivity contribution in [3.8, 4) is 0 Å². The number of carbonyl (C=O) groups is 1. The van der Waals surface area contributed by atoms with Gasteiger partial charge in [-0.25, -0.2) is 17.9 Å². The molecule has 0 bridgehead atoms. The molecule has 3 N–H and O–H groups in total. The number of hydrogen-bond acceptors (Lipinski definition) is 4. The van der Waals surface area contributed by atoms with Gasteiger partial charge in [0.2, 0.25) is 10.0 Å². The molecule has 0 spiro atoms. The van der Waals surface area contributed by atoms with Crippen molar-refractivity contribution in [3.05, 3.63) is 23.5 Å². The van der Waals surface area contributed by atoms with E-state index in [9.17, 15) is 13.2 Å². The van der Waals surface area contributed by atoms with Gasteiger partial charge in [0.25, 0.3) is 0 Å². The van der Waals surface area contributed by atoms with Crippen LogP contribution in [0, 0.1) is 6.92 Å². The SMILES string of the molecule is C=C(C)CNS(=O)(=O)c1c(C(=O)O)n[nH]c1C. The fraction of sp³-hybridized carbons (Fsp3) is 0.333. The Labute approximate surface area is 98.6 Å². The first-order valence-corrected chi connectivity index (χ1v) is 6.16. The summed E-state index contributed by atoms with van der Waals surface area (Å²) < 4.78 is 26.0. The van der Waals surface area contributed by atoms with Crippen molar-refractivity contribution in [2.75, 3.05) is 6.54 Å². The Bertz CT molecular complexity index is 559. The molecule has 17 heavy (non-hydrogen) atoms. The highest BCUT2D eigenvalue weighted by Crippen LogP contribution is 2.17. The van der Waals surface area contributed by atoms with Gasteiger partial charge < -0.3 is 5.11 Å². The highest BCUT2D eigenvalue weighted by atomic mass is 32.2. The van der Waals surface area contributed by atoms with Crippen molar-refractivity contribution in [1.82, 2.24) is 14.9 Å². The van der Waals surface area contributed by atoms with Gasteiger partial charge in [-0.3, -0.25) is 5.10 Å². The molecule has 0 aliphatic rings. The minimum Gasteiger partial charge on any atom is -0.476 e. The Morgan fingerprint density at radius 3 is 2.65 bits per heavy atom. The second-order valence-corrected chi connectivity index (χ2v) is 5.32. The molecule has 0 aliphatic carbocycles. The molecule has 0 aromatic carbocycles. The molecule has 0 saturated carbocycles. The number of aromatic carboxylic acids is 1. The van der Waals surface area contributed by atoms with Crippen LogP contribution in [0.3, 0.4) is 0 Å². The molecule has 94 valence electrons. The third-order valence-electron chi connectivity index (χ3n) is 1.93. The molecular formula is C9H13N3O4S. The first-order chi connectivity index (χ1) is 7.75. The second-order valence-electron chi connectivity index (χ2n) is 3.61. The number of hydrogen-bond donors (Lipinski definition) is 3. The van der Waals surface area contributed by atoms with E-state index in [0.29, 0.717) is 5.57 Å². The molecule has 1 rings (SSSR count). The van der Waals surface area contributed by atoms with E-state index < -0.39 is 21.7 Å². The van der Waals surface area contributed by atoms with Crippen molar-refractivity contribution < 1.29 is 18.3 Å². The maximum absolute atomic E-state index is 11.9. The van der Waals surface area contributed by atoms with Gasteiger partial charge in [-0.05, 0) is 13.8 Å². The first-order valence-electron chi connectivity index (χ1n) is 4.68. The van der Waals surface area contributed by atoms with Crippen LogP contribution in [0.4, 0.5) is 0 Å². The van der Waals surface area contributed by atoms with E-state index in [1.54, 1.807) is 6.92 Å². The summed E-state index contributed by atoms with van der Waals surface area (Å²) in [6.45, 7) is 6.70. The molecule has 0 fully saturated rings. The van der Waals surface area contributed by atoms with Crippen LogP contribution in [0.2, 0.25) is 0 Å². The van der Waals surface area contributed by atoms with Gasteiger partial charge in [0.05, 0.1) is 5.69 Å². The average Bonchev–Trinajstić information content (AvgIpc) is 2.58. The fourth-order valence-corrected chi connectivity index (χ4v) is 2.60. The molecule has 7 nitrogen and oxygen atoms in total. The standard InChI is InChI=1S/C9H13N3O4S/c1-5(2)4-10-17(15,16)8-6(3)11-12-7(8)9(13)14/h10H,1,4H2,2-3H3,(H,11,12)(H,13,14). The van der Waals surface area contributed by atoms with Crippen molar-refractivity contribution in [2.24, 2.45) is 0 Å². The predicted octanol–water partition coefficient (Wildman–Crippen LogP) is 0.271. The minimum absolute atomic E-state index is 0.0476. The number of aryl methyl sites for hydroxylation is 1. The average molecular weight is 259 g/mol. The van der Waals surface area contributed by atoms with Crippen LogP contribution in [0.25, 0.3) is 0 Å². The Morgan fingerprint density at radius 1 is 1.59 bits per heavy atom. The van der Waals surface area contributed by atoms with E-state index in [4.69, 9.17) is 5.11 Å². The molecule has 0 amide bonds. The summed E-state index contributed by atoms with van der Waals surface area (Å²) in [6.07, 6.45) is 0. The lowest BCUT2D eigenvalue weighted by Crippen LogP contribution is -2.27. The van der Waals surface area contributed by atoms with Gasteiger partial charge >= 0.3 is 5.97 Å². The van der Waals surface area contributed by atoms with Gasteiger partial charge in [-0.2, -0.15) is 5.10 Å². The number of rotatable bonds is 5. The lowest BCUT2D eigenvalue weighted by molar-refractivity contribution is 0.0686. The maximum Gasteiger partial charge on any atom is 0.357 e. The Balaban J connectivity index is 3.19. The summed E-state index contributed by atoms with van der Waals surface area (Å²) in [5, 5.41) is 14.6. The Morgan fingerprint density at radius 2 is 2.18 bits per heavy atom. The van der Waals surface area contributed by atoms with Crippen LogP contribution in [0.1, 0.15) is 23.1 Å². The largest absolute Gasteiger partial charge is 0.476 e. The molecule has 8 heteroatoms. The van der Waals surface area contributed by atoms with E-state index in [-0.39, 0.29) is 17.1 Å². The number of sulfonamides is 1. The van der Waals surface area contributed by atoms with Gasteiger partial charge in [-0.1, -0.05) is 12.2 Å². The zero-order valence-electron chi connectivity index (χ0n) is 9.44. The molecule has 1 heterocycles.